The Labute approximate surface area is 182 Å². The predicted molar refractivity (Wildman–Crippen MR) is 115 cm³/mol. The van der Waals surface area contributed by atoms with Crippen molar-refractivity contribution in [2.45, 2.75) is 49.2 Å². The minimum atomic E-state index is -3.79. The molecule has 0 aliphatic carbocycles. The van der Waals surface area contributed by atoms with Gasteiger partial charge in [0.05, 0.1) is 17.4 Å². The Bertz CT molecular complexity index is 981. The van der Waals surface area contributed by atoms with E-state index in [1.54, 1.807) is 19.2 Å². The first-order valence-corrected chi connectivity index (χ1v) is 11.5. The lowest BCUT2D eigenvalue weighted by molar-refractivity contribution is -0.134. The molecule has 4 unspecified atom stereocenters. The molecule has 1 aliphatic heterocycles. The maximum absolute atomic E-state index is 12.5. The Kier molecular flexibility index (Phi) is 7.45. The Hall–Kier alpha value is -2.30. The van der Waals surface area contributed by atoms with E-state index in [1.807, 2.05) is 37.3 Å². The molecule has 0 spiro atoms. The van der Waals surface area contributed by atoms with Crippen molar-refractivity contribution in [1.82, 2.24) is 9.62 Å². The van der Waals surface area contributed by atoms with E-state index < -0.39 is 34.4 Å². The summed E-state index contributed by atoms with van der Waals surface area (Å²) in [6, 6.07) is 15.8. The van der Waals surface area contributed by atoms with E-state index in [-0.39, 0.29) is 23.8 Å². The van der Waals surface area contributed by atoms with Crippen molar-refractivity contribution in [3.8, 4) is 0 Å². The van der Waals surface area contributed by atoms with Crippen LogP contribution in [0.1, 0.15) is 17.5 Å². The van der Waals surface area contributed by atoms with Gasteiger partial charge in [0, 0.05) is 20.1 Å². The minimum absolute atomic E-state index is 0.0976. The maximum atomic E-state index is 12.5. The van der Waals surface area contributed by atoms with E-state index >= 15 is 0 Å². The largest absolute Gasteiger partial charge is 0.388 e. The van der Waals surface area contributed by atoms with E-state index in [9.17, 15) is 23.4 Å². The molecule has 1 amide bonds. The summed E-state index contributed by atoms with van der Waals surface area (Å²) in [5, 5.41) is 20.6. The minimum Gasteiger partial charge on any atom is -0.388 e. The second-order valence-corrected chi connectivity index (χ2v) is 9.57. The quantitative estimate of drug-likeness (QED) is 0.550. The number of aliphatic hydroxyl groups excluding tert-OH is 2. The number of nitrogens with zero attached hydrogens (tertiary/aromatic N) is 1. The number of hydrogen-bond acceptors (Lipinski definition) is 6. The summed E-state index contributed by atoms with van der Waals surface area (Å²) in [4.78, 5) is 14.2. The number of benzene rings is 2. The van der Waals surface area contributed by atoms with Gasteiger partial charge in [0.15, 0.2) is 0 Å². The van der Waals surface area contributed by atoms with Crippen LogP contribution in [0.25, 0.3) is 0 Å². The van der Waals surface area contributed by atoms with E-state index in [2.05, 4.69) is 4.72 Å². The van der Waals surface area contributed by atoms with Crippen LogP contribution < -0.4 is 4.72 Å². The third-order valence-electron chi connectivity index (χ3n) is 5.33. The molecule has 0 bridgehead atoms. The molecule has 9 heteroatoms. The van der Waals surface area contributed by atoms with Gasteiger partial charge >= 0.3 is 0 Å². The zero-order valence-electron chi connectivity index (χ0n) is 17.5. The van der Waals surface area contributed by atoms with Crippen LogP contribution in [0.15, 0.2) is 59.5 Å². The van der Waals surface area contributed by atoms with Crippen LogP contribution in [-0.4, -0.2) is 67.4 Å². The second-order valence-electron chi connectivity index (χ2n) is 7.80. The van der Waals surface area contributed by atoms with Crippen molar-refractivity contribution in [2.75, 3.05) is 13.6 Å². The molecule has 1 aliphatic rings. The molecule has 0 aromatic heterocycles. The summed E-state index contributed by atoms with van der Waals surface area (Å²) in [5.41, 5.74) is 1.90. The number of carbonyl (C=O) groups excluding carboxylic acids is 1. The summed E-state index contributed by atoms with van der Waals surface area (Å²) in [6.45, 7) is 2.04. The Morgan fingerprint density at radius 3 is 2.29 bits per heavy atom. The number of sulfonamides is 1. The first kappa shape index (κ1) is 23.4. The smallest absolute Gasteiger partial charge is 0.240 e. The van der Waals surface area contributed by atoms with Gasteiger partial charge in [0.2, 0.25) is 15.9 Å². The summed E-state index contributed by atoms with van der Waals surface area (Å²) in [7, 11) is -2.14. The standard InChI is InChI=1S/C22H28N2O6S/c1-15-8-10-17(11-9-15)31(28,29)23-13-19-22(27)21(26)18(30-19)12-20(25)24(2)14-16-6-4-3-5-7-16/h3-11,18-19,21-23,26-27H,12-14H2,1-2H3. The highest BCUT2D eigenvalue weighted by molar-refractivity contribution is 7.89. The molecule has 1 fully saturated rings. The fourth-order valence-electron chi connectivity index (χ4n) is 3.43. The lowest BCUT2D eigenvalue weighted by atomic mass is 10.1. The zero-order chi connectivity index (χ0) is 22.6. The van der Waals surface area contributed by atoms with E-state index in [0.29, 0.717) is 6.54 Å². The molecule has 1 heterocycles. The van der Waals surface area contributed by atoms with Crippen molar-refractivity contribution >= 4 is 15.9 Å². The lowest BCUT2D eigenvalue weighted by Gasteiger charge is -2.21. The van der Waals surface area contributed by atoms with Crippen LogP contribution >= 0.6 is 0 Å². The highest BCUT2D eigenvalue weighted by atomic mass is 32.2. The SMILES string of the molecule is Cc1ccc(S(=O)(=O)NCC2OC(CC(=O)N(C)Cc3ccccc3)C(O)C2O)cc1. The average Bonchev–Trinajstić information content (AvgIpc) is 3.01. The summed E-state index contributed by atoms with van der Waals surface area (Å²) >= 11 is 0. The summed E-state index contributed by atoms with van der Waals surface area (Å²) in [5.74, 6) is -0.249. The van der Waals surface area contributed by atoms with Crippen molar-refractivity contribution in [1.29, 1.82) is 0 Å². The lowest BCUT2D eigenvalue weighted by Crippen LogP contribution is -2.40. The van der Waals surface area contributed by atoms with Crippen molar-refractivity contribution in [2.24, 2.45) is 0 Å². The molecular formula is C22H28N2O6S. The topological polar surface area (TPSA) is 116 Å². The third-order valence-corrected chi connectivity index (χ3v) is 6.77. The van der Waals surface area contributed by atoms with Gasteiger partial charge < -0.3 is 19.8 Å². The first-order valence-electron chi connectivity index (χ1n) is 10.0. The van der Waals surface area contributed by atoms with Gasteiger partial charge in [-0.3, -0.25) is 4.79 Å². The first-order chi connectivity index (χ1) is 14.7. The van der Waals surface area contributed by atoms with Gasteiger partial charge in [-0.25, -0.2) is 13.1 Å². The van der Waals surface area contributed by atoms with Gasteiger partial charge in [0.1, 0.15) is 18.3 Å². The molecule has 1 saturated heterocycles. The highest BCUT2D eigenvalue weighted by Crippen LogP contribution is 2.24. The molecule has 3 rings (SSSR count). The number of nitrogens with one attached hydrogen (secondary N) is 1. The third kappa shape index (κ3) is 5.90. The van der Waals surface area contributed by atoms with Crippen LogP contribution in [0, 0.1) is 6.92 Å². The van der Waals surface area contributed by atoms with Crippen LogP contribution in [0.5, 0.6) is 0 Å². The number of ether oxygens (including phenoxy) is 1. The maximum Gasteiger partial charge on any atom is 0.240 e. The van der Waals surface area contributed by atoms with E-state index in [4.69, 9.17) is 4.74 Å². The van der Waals surface area contributed by atoms with Crippen LogP contribution in [-0.2, 0) is 26.1 Å². The van der Waals surface area contributed by atoms with Gasteiger partial charge in [-0.2, -0.15) is 0 Å². The van der Waals surface area contributed by atoms with Crippen molar-refractivity contribution in [3.63, 3.8) is 0 Å². The Morgan fingerprint density at radius 2 is 1.65 bits per heavy atom. The molecule has 0 saturated carbocycles. The summed E-state index contributed by atoms with van der Waals surface area (Å²) in [6.07, 6.45) is -4.61. The van der Waals surface area contributed by atoms with Gasteiger partial charge in [-0.05, 0) is 24.6 Å². The zero-order valence-corrected chi connectivity index (χ0v) is 18.3. The molecule has 0 radical (unpaired) electrons. The highest BCUT2D eigenvalue weighted by Gasteiger charge is 2.43. The number of hydrogen-bond donors (Lipinski definition) is 3. The predicted octanol–water partition coefficient (Wildman–Crippen LogP) is 0.811. The number of carbonyl (C=O) groups is 1. The van der Waals surface area contributed by atoms with Gasteiger partial charge in [-0.1, -0.05) is 48.0 Å². The van der Waals surface area contributed by atoms with Crippen LogP contribution in [0.4, 0.5) is 0 Å². The average molecular weight is 449 g/mol. The monoisotopic (exact) mass is 448 g/mol. The van der Waals surface area contributed by atoms with E-state index in [1.165, 1.54) is 17.0 Å². The number of rotatable bonds is 8. The normalized spacial score (nSPS) is 23.6. The fraction of sp³-hybridized carbons (Fsp3) is 0.409. The van der Waals surface area contributed by atoms with Crippen molar-refractivity contribution < 1.29 is 28.2 Å². The molecule has 168 valence electrons. The van der Waals surface area contributed by atoms with Crippen LogP contribution in [0.2, 0.25) is 0 Å². The fourth-order valence-corrected chi connectivity index (χ4v) is 4.47. The van der Waals surface area contributed by atoms with Gasteiger partial charge in [0.25, 0.3) is 0 Å². The number of amides is 1. The summed E-state index contributed by atoms with van der Waals surface area (Å²) < 4.78 is 32.9. The second kappa shape index (κ2) is 9.88. The molecule has 2 aromatic rings. The van der Waals surface area contributed by atoms with Crippen LogP contribution in [0.3, 0.4) is 0 Å². The Balaban J connectivity index is 1.55. The molecule has 8 nitrogen and oxygen atoms in total. The Morgan fingerprint density at radius 1 is 1.03 bits per heavy atom. The molecule has 3 N–H and O–H groups in total. The molecule has 31 heavy (non-hydrogen) atoms. The number of aliphatic hydroxyl groups is 2. The van der Waals surface area contributed by atoms with Gasteiger partial charge in [-0.15, -0.1) is 0 Å². The number of aryl methyl sites for hydroxylation is 1. The molecular weight excluding hydrogens is 420 g/mol. The molecule has 4 atom stereocenters. The molecule has 2 aromatic carbocycles. The van der Waals surface area contributed by atoms with E-state index in [0.717, 1.165) is 11.1 Å². The van der Waals surface area contributed by atoms with Crippen molar-refractivity contribution in [3.05, 3.63) is 65.7 Å².